The van der Waals surface area contributed by atoms with Gasteiger partial charge in [-0.2, -0.15) is 5.10 Å². The maximum Gasteiger partial charge on any atom is 0.222 e. The molecule has 1 saturated heterocycles. The highest BCUT2D eigenvalue weighted by atomic mass is 16.1. The summed E-state index contributed by atoms with van der Waals surface area (Å²) in [6.07, 6.45) is 5.33. The Morgan fingerprint density at radius 2 is 2.14 bits per heavy atom. The molecule has 0 radical (unpaired) electrons. The zero-order valence-electron chi connectivity index (χ0n) is 16.4. The Morgan fingerprint density at radius 3 is 2.86 bits per heavy atom. The summed E-state index contributed by atoms with van der Waals surface area (Å²) in [5.41, 5.74) is 7.64. The average molecular weight is 384 g/mol. The lowest BCUT2D eigenvalue weighted by Gasteiger charge is -2.33. The smallest absolute Gasteiger partial charge is 0.222 e. The van der Waals surface area contributed by atoms with E-state index >= 15 is 0 Å². The van der Waals surface area contributed by atoms with Crippen LogP contribution in [-0.2, 0) is 24.9 Å². The Hall–Kier alpha value is -3.10. The van der Waals surface area contributed by atoms with Gasteiger partial charge in [0, 0.05) is 51.7 Å². The topological polar surface area (TPSA) is 113 Å². The van der Waals surface area contributed by atoms with E-state index in [0.717, 1.165) is 36.5 Å². The number of hydrogen-bond donors (Lipinski definition) is 3. The Labute approximate surface area is 165 Å². The van der Waals surface area contributed by atoms with Crippen LogP contribution in [0.5, 0.6) is 0 Å². The molecule has 1 unspecified atom stereocenters. The normalized spacial score (nSPS) is 17.4. The number of anilines is 1. The van der Waals surface area contributed by atoms with Crippen LogP contribution >= 0.6 is 0 Å². The number of aryl methyl sites for hydroxylation is 1. The van der Waals surface area contributed by atoms with Crippen molar-refractivity contribution in [2.24, 2.45) is 23.7 Å². The molecule has 3 rings (SSSR count). The van der Waals surface area contributed by atoms with Gasteiger partial charge in [0.05, 0.1) is 18.2 Å². The van der Waals surface area contributed by atoms with Gasteiger partial charge in [0.25, 0.3) is 0 Å². The molecule has 0 spiro atoms. The van der Waals surface area contributed by atoms with Gasteiger partial charge in [-0.25, -0.2) is 4.98 Å². The van der Waals surface area contributed by atoms with Crippen molar-refractivity contribution in [2.75, 3.05) is 25.0 Å². The van der Waals surface area contributed by atoms with Crippen molar-refractivity contribution in [3.8, 4) is 0 Å². The number of nitrogens with one attached hydrogen (secondary N) is 2. The van der Waals surface area contributed by atoms with Gasteiger partial charge in [0.15, 0.2) is 5.96 Å². The standard InChI is InChI=1S/C19H28N8O/c1-21-19(24-12-16-7-9-25-26(16)2)23-11-14-5-3-8-22-18(14)27-10-4-6-15(13-27)17(20)28/h3,5,7-9,15H,4,6,10-13H2,1-2H3,(H2,20,28)(H2,21,23,24). The number of nitrogens with zero attached hydrogens (tertiary/aromatic N) is 5. The Morgan fingerprint density at radius 1 is 1.32 bits per heavy atom. The van der Waals surface area contributed by atoms with E-state index < -0.39 is 0 Å². The zero-order chi connectivity index (χ0) is 19.9. The molecule has 2 aromatic heterocycles. The molecule has 0 saturated carbocycles. The third-order valence-electron chi connectivity index (χ3n) is 5.02. The fourth-order valence-electron chi connectivity index (χ4n) is 3.40. The van der Waals surface area contributed by atoms with Crippen molar-refractivity contribution in [2.45, 2.75) is 25.9 Å². The summed E-state index contributed by atoms with van der Waals surface area (Å²) >= 11 is 0. The summed E-state index contributed by atoms with van der Waals surface area (Å²) in [5.74, 6) is 1.23. The number of nitrogens with two attached hydrogens (primary N) is 1. The highest BCUT2D eigenvalue weighted by Gasteiger charge is 2.25. The first-order chi connectivity index (χ1) is 13.6. The second kappa shape index (κ2) is 9.20. The zero-order valence-corrected chi connectivity index (χ0v) is 16.4. The first kappa shape index (κ1) is 19.7. The third kappa shape index (κ3) is 4.79. The fraction of sp³-hybridized carbons (Fsp3) is 0.474. The van der Waals surface area contributed by atoms with E-state index in [1.54, 1.807) is 19.4 Å². The van der Waals surface area contributed by atoms with Crippen LogP contribution in [0.15, 0.2) is 35.6 Å². The molecule has 0 bridgehead atoms. The van der Waals surface area contributed by atoms with Gasteiger partial charge in [-0.15, -0.1) is 0 Å². The Balaban J connectivity index is 1.62. The SMILES string of the molecule is CN=C(NCc1cccnc1N1CCCC(C(N)=O)C1)NCc1ccnn1C. The molecule has 4 N–H and O–H groups in total. The molecular formula is C19H28N8O. The Bertz CT molecular complexity index is 831. The van der Waals surface area contributed by atoms with Crippen LogP contribution in [0.4, 0.5) is 5.82 Å². The fourth-order valence-corrected chi connectivity index (χ4v) is 3.40. The van der Waals surface area contributed by atoms with E-state index in [9.17, 15) is 4.79 Å². The van der Waals surface area contributed by atoms with E-state index in [-0.39, 0.29) is 11.8 Å². The van der Waals surface area contributed by atoms with Crippen molar-refractivity contribution in [3.63, 3.8) is 0 Å². The number of piperidine rings is 1. The number of primary amides is 1. The molecule has 28 heavy (non-hydrogen) atoms. The summed E-state index contributed by atoms with van der Waals surface area (Å²) in [5, 5.41) is 10.8. The van der Waals surface area contributed by atoms with Gasteiger partial charge < -0.3 is 21.3 Å². The lowest BCUT2D eigenvalue weighted by molar-refractivity contribution is -0.122. The summed E-state index contributed by atoms with van der Waals surface area (Å²) < 4.78 is 1.82. The number of pyridine rings is 1. The summed E-state index contributed by atoms with van der Waals surface area (Å²) in [6.45, 7) is 2.70. The molecule has 150 valence electrons. The minimum Gasteiger partial charge on any atom is -0.369 e. The molecule has 9 nitrogen and oxygen atoms in total. The highest BCUT2D eigenvalue weighted by Crippen LogP contribution is 2.24. The van der Waals surface area contributed by atoms with Crippen LogP contribution in [0.2, 0.25) is 0 Å². The molecule has 0 aromatic carbocycles. The lowest BCUT2D eigenvalue weighted by Crippen LogP contribution is -2.42. The molecule has 1 fully saturated rings. The van der Waals surface area contributed by atoms with E-state index in [0.29, 0.717) is 25.6 Å². The third-order valence-corrected chi connectivity index (χ3v) is 5.02. The summed E-state index contributed by atoms with van der Waals surface area (Å²) in [4.78, 5) is 22.6. The number of aliphatic imine (C=N–C) groups is 1. The van der Waals surface area contributed by atoms with Crippen LogP contribution in [0.25, 0.3) is 0 Å². The van der Waals surface area contributed by atoms with Gasteiger partial charge in [0.2, 0.25) is 5.91 Å². The lowest BCUT2D eigenvalue weighted by atomic mass is 9.97. The number of carbonyl (C=O) groups excluding carboxylic acids is 1. The first-order valence-electron chi connectivity index (χ1n) is 9.48. The van der Waals surface area contributed by atoms with Crippen molar-refractivity contribution in [3.05, 3.63) is 41.9 Å². The predicted molar refractivity (Wildman–Crippen MR) is 109 cm³/mol. The molecule has 3 heterocycles. The maximum absolute atomic E-state index is 11.6. The number of rotatable bonds is 6. The van der Waals surface area contributed by atoms with Crippen LogP contribution in [0.1, 0.15) is 24.1 Å². The van der Waals surface area contributed by atoms with Gasteiger partial charge in [0.1, 0.15) is 5.82 Å². The molecule has 9 heteroatoms. The number of guanidine groups is 1. The van der Waals surface area contributed by atoms with Gasteiger partial charge in [-0.3, -0.25) is 14.5 Å². The average Bonchev–Trinajstić information content (AvgIpc) is 3.13. The van der Waals surface area contributed by atoms with Crippen molar-refractivity contribution >= 4 is 17.7 Å². The van der Waals surface area contributed by atoms with Crippen LogP contribution in [0, 0.1) is 5.92 Å². The second-order valence-corrected chi connectivity index (χ2v) is 6.90. The van der Waals surface area contributed by atoms with Gasteiger partial charge >= 0.3 is 0 Å². The number of amides is 1. The molecule has 1 atom stereocenters. The molecule has 1 aliphatic rings. The van der Waals surface area contributed by atoms with E-state index in [2.05, 4.69) is 30.6 Å². The Kier molecular flexibility index (Phi) is 6.46. The van der Waals surface area contributed by atoms with Crippen molar-refractivity contribution in [1.82, 2.24) is 25.4 Å². The minimum absolute atomic E-state index is 0.120. The summed E-state index contributed by atoms with van der Waals surface area (Å²) in [6, 6.07) is 5.92. The number of carbonyl (C=O) groups is 1. The van der Waals surface area contributed by atoms with Crippen LogP contribution in [0.3, 0.4) is 0 Å². The van der Waals surface area contributed by atoms with Gasteiger partial charge in [-0.1, -0.05) is 6.07 Å². The largest absolute Gasteiger partial charge is 0.369 e. The van der Waals surface area contributed by atoms with Crippen LogP contribution in [-0.4, -0.2) is 46.8 Å². The van der Waals surface area contributed by atoms with E-state index in [1.165, 1.54) is 0 Å². The monoisotopic (exact) mass is 384 g/mol. The summed E-state index contributed by atoms with van der Waals surface area (Å²) in [7, 11) is 3.65. The molecule has 2 aromatic rings. The maximum atomic E-state index is 11.6. The predicted octanol–water partition coefficient (Wildman–Crippen LogP) is 0.382. The van der Waals surface area contributed by atoms with Gasteiger partial charge in [-0.05, 0) is 25.0 Å². The highest BCUT2D eigenvalue weighted by molar-refractivity contribution is 5.80. The molecule has 1 aliphatic heterocycles. The quantitative estimate of drug-likeness (QED) is 0.490. The minimum atomic E-state index is -0.236. The number of aromatic nitrogens is 3. The van der Waals surface area contributed by atoms with E-state index in [1.807, 2.05) is 29.9 Å². The molecular weight excluding hydrogens is 356 g/mol. The van der Waals surface area contributed by atoms with E-state index in [4.69, 9.17) is 5.73 Å². The van der Waals surface area contributed by atoms with Crippen LogP contribution < -0.4 is 21.3 Å². The van der Waals surface area contributed by atoms with Crippen molar-refractivity contribution < 1.29 is 4.79 Å². The second-order valence-electron chi connectivity index (χ2n) is 6.90. The van der Waals surface area contributed by atoms with Crippen molar-refractivity contribution in [1.29, 1.82) is 0 Å². The molecule has 1 amide bonds. The number of hydrogen-bond acceptors (Lipinski definition) is 5. The first-order valence-corrected chi connectivity index (χ1v) is 9.48. The molecule has 0 aliphatic carbocycles.